The van der Waals surface area contributed by atoms with Gasteiger partial charge in [-0.15, -0.1) is 0 Å². The molecule has 2 atom stereocenters. The Morgan fingerprint density at radius 2 is 2.33 bits per heavy atom. The third-order valence-electron chi connectivity index (χ3n) is 3.41. The van der Waals surface area contributed by atoms with E-state index in [0.717, 1.165) is 6.42 Å². The Balaban J connectivity index is 1.91. The molecular weight excluding hydrogens is 232 g/mol. The van der Waals surface area contributed by atoms with E-state index in [0.29, 0.717) is 18.8 Å². The van der Waals surface area contributed by atoms with Crippen molar-refractivity contribution in [2.75, 3.05) is 13.1 Å². The highest BCUT2D eigenvalue weighted by Gasteiger charge is 2.28. The van der Waals surface area contributed by atoms with Crippen molar-refractivity contribution in [3.8, 4) is 0 Å². The summed E-state index contributed by atoms with van der Waals surface area (Å²) < 4.78 is 0. The number of H-pyrrole nitrogens is 1. The Bertz CT molecular complexity index is 429. The first-order valence-electron chi connectivity index (χ1n) is 6.12. The molecule has 1 aromatic heterocycles. The van der Waals surface area contributed by atoms with E-state index in [1.54, 1.807) is 6.92 Å². The number of piperidine rings is 1. The molecule has 6 heteroatoms. The van der Waals surface area contributed by atoms with Crippen LogP contribution in [0.25, 0.3) is 0 Å². The van der Waals surface area contributed by atoms with E-state index in [4.69, 9.17) is 0 Å². The van der Waals surface area contributed by atoms with Crippen LogP contribution in [0.4, 0.5) is 0 Å². The quantitative estimate of drug-likeness (QED) is 0.797. The molecule has 1 aromatic rings. The number of amides is 2. The topological polar surface area (TPSA) is 78.1 Å². The monoisotopic (exact) mass is 250 g/mol. The molecule has 1 saturated heterocycles. The van der Waals surface area contributed by atoms with E-state index in [2.05, 4.69) is 15.3 Å². The Morgan fingerprint density at radius 1 is 1.56 bits per heavy atom. The molecule has 0 spiro atoms. The first kappa shape index (κ1) is 12.6. The van der Waals surface area contributed by atoms with E-state index < -0.39 is 0 Å². The molecule has 6 nitrogen and oxygen atoms in total. The van der Waals surface area contributed by atoms with Gasteiger partial charge in [0.15, 0.2) is 0 Å². The lowest BCUT2D eigenvalue weighted by atomic mass is 9.93. The van der Waals surface area contributed by atoms with Crippen LogP contribution in [0.3, 0.4) is 0 Å². The molecule has 2 heterocycles. The summed E-state index contributed by atoms with van der Waals surface area (Å²) in [6.07, 6.45) is 3.78. The number of nitrogens with zero attached hydrogens (tertiary/aromatic N) is 2. The second-order valence-corrected chi connectivity index (χ2v) is 4.78. The molecule has 0 bridgehead atoms. The van der Waals surface area contributed by atoms with Crippen LogP contribution in [0.15, 0.2) is 12.5 Å². The highest BCUT2D eigenvalue weighted by atomic mass is 16.2. The van der Waals surface area contributed by atoms with Crippen LogP contribution in [-0.2, 0) is 4.79 Å². The van der Waals surface area contributed by atoms with Gasteiger partial charge >= 0.3 is 0 Å². The highest BCUT2D eigenvalue weighted by Crippen LogP contribution is 2.17. The highest BCUT2D eigenvalue weighted by molar-refractivity contribution is 5.92. The van der Waals surface area contributed by atoms with Crippen molar-refractivity contribution in [3.63, 3.8) is 0 Å². The van der Waals surface area contributed by atoms with Gasteiger partial charge in [-0.2, -0.15) is 0 Å². The van der Waals surface area contributed by atoms with E-state index in [-0.39, 0.29) is 23.8 Å². The molecule has 2 unspecified atom stereocenters. The fraction of sp³-hybridized carbons (Fsp3) is 0.583. The molecule has 18 heavy (non-hydrogen) atoms. The molecule has 2 N–H and O–H groups in total. The van der Waals surface area contributed by atoms with Gasteiger partial charge < -0.3 is 15.2 Å². The second-order valence-electron chi connectivity index (χ2n) is 4.78. The molecule has 0 saturated carbocycles. The maximum Gasteiger partial charge on any atom is 0.269 e. The first-order valence-corrected chi connectivity index (χ1v) is 6.12. The zero-order chi connectivity index (χ0) is 13.1. The van der Waals surface area contributed by atoms with Crippen molar-refractivity contribution in [1.82, 2.24) is 20.2 Å². The van der Waals surface area contributed by atoms with Crippen LogP contribution in [0.2, 0.25) is 0 Å². The van der Waals surface area contributed by atoms with Crippen LogP contribution < -0.4 is 5.32 Å². The SMILES string of the molecule is CC(=O)N1CCC(NC(=O)c2cnc[nH]2)C(C)C1. The number of carbonyl (C=O) groups excluding carboxylic acids is 2. The van der Waals surface area contributed by atoms with Gasteiger partial charge in [0.25, 0.3) is 5.91 Å². The Hall–Kier alpha value is -1.85. The zero-order valence-electron chi connectivity index (χ0n) is 10.6. The minimum atomic E-state index is -0.138. The van der Waals surface area contributed by atoms with Crippen molar-refractivity contribution >= 4 is 11.8 Å². The van der Waals surface area contributed by atoms with Gasteiger partial charge in [0, 0.05) is 26.1 Å². The van der Waals surface area contributed by atoms with Gasteiger partial charge in [0.1, 0.15) is 5.69 Å². The van der Waals surface area contributed by atoms with Crippen LogP contribution in [-0.4, -0.2) is 45.8 Å². The standard InChI is InChI=1S/C12H18N4O2/c1-8-6-16(9(2)17)4-3-10(8)15-12(18)11-5-13-7-14-11/h5,7-8,10H,3-4,6H2,1-2H3,(H,13,14)(H,15,18). The minimum Gasteiger partial charge on any atom is -0.348 e. The third-order valence-corrected chi connectivity index (χ3v) is 3.41. The number of imidazole rings is 1. The summed E-state index contributed by atoms with van der Waals surface area (Å²) in [4.78, 5) is 31.6. The number of hydrogen-bond donors (Lipinski definition) is 2. The minimum absolute atomic E-state index is 0.0974. The van der Waals surface area contributed by atoms with Crippen molar-refractivity contribution in [1.29, 1.82) is 0 Å². The maximum absolute atomic E-state index is 11.9. The summed E-state index contributed by atoms with van der Waals surface area (Å²) in [6.45, 7) is 5.03. The Labute approximate surface area is 106 Å². The van der Waals surface area contributed by atoms with Gasteiger partial charge in [-0.05, 0) is 12.3 Å². The van der Waals surface area contributed by atoms with Gasteiger partial charge in [-0.25, -0.2) is 4.98 Å². The van der Waals surface area contributed by atoms with Crippen LogP contribution in [0.5, 0.6) is 0 Å². The van der Waals surface area contributed by atoms with Crippen molar-refractivity contribution in [2.24, 2.45) is 5.92 Å². The molecule has 98 valence electrons. The number of aromatic amines is 1. The number of hydrogen-bond acceptors (Lipinski definition) is 3. The molecule has 0 aliphatic carbocycles. The second kappa shape index (κ2) is 5.20. The molecule has 1 fully saturated rings. The Morgan fingerprint density at radius 3 is 2.89 bits per heavy atom. The lowest BCUT2D eigenvalue weighted by Gasteiger charge is -2.36. The van der Waals surface area contributed by atoms with E-state index >= 15 is 0 Å². The van der Waals surface area contributed by atoms with Crippen molar-refractivity contribution < 1.29 is 9.59 Å². The zero-order valence-corrected chi connectivity index (χ0v) is 10.6. The van der Waals surface area contributed by atoms with Crippen molar-refractivity contribution in [2.45, 2.75) is 26.3 Å². The summed E-state index contributed by atoms with van der Waals surface area (Å²) in [7, 11) is 0. The number of rotatable bonds is 2. The fourth-order valence-corrected chi connectivity index (χ4v) is 2.27. The predicted octanol–water partition coefficient (Wildman–Crippen LogP) is 0.396. The molecule has 0 radical (unpaired) electrons. The number of aromatic nitrogens is 2. The summed E-state index contributed by atoms with van der Waals surface area (Å²) in [5, 5.41) is 2.98. The summed E-state index contributed by atoms with van der Waals surface area (Å²) in [5.74, 6) is 0.218. The van der Waals surface area contributed by atoms with Gasteiger partial charge in [0.2, 0.25) is 5.91 Å². The third kappa shape index (κ3) is 2.69. The van der Waals surface area contributed by atoms with Crippen LogP contribution in [0, 0.1) is 5.92 Å². The largest absolute Gasteiger partial charge is 0.348 e. The summed E-state index contributed by atoms with van der Waals surface area (Å²) >= 11 is 0. The predicted molar refractivity (Wildman–Crippen MR) is 65.9 cm³/mol. The maximum atomic E-state index is 11.9. The molecule has 0 aromatic carbocycles. The average molecular weight is 250 g/mol. The van der Waals surface area contributed by atoms with Gasteiger partial charge in [-0.3, -0.25) is 9.59 Å². The number of nitrogens with one attached hydrogen (secondary N) is 2. The normalized spacial score (nSPS) is 23.8. The van der Waals surface area contributed by atoms with E-state index in [1.165, 1.54) is 12.5 Å². The lowest BCUT2D eigenvalue weighted by molar-refractivity contribution is -0.130. The fourth-order valence-electron chi connectivity index (χ4n) is 2.27. The number of likely N-dealkylation sites (tertiary alicyclic amines) is 1. The smallest absolute Gasteiger partial charge is 0.269 e. The van der Waals surface area contributed by atoms with Gasteiger partial charge in [0.05, 0.1) is 12.5 Å². The lowest BCUT2D eigenvalue weighted by Crippen LogP contribution is -2.51. The molecule has 1 aliphatic heterocycles. The molecular formula is C12H18N4O2. The molecule has 2 rings (SSSR count). The molecule has 1 aliphatic rings. The van der Waals surface area contributed by atoms with E-state index in [1.807, 2.05) is 11.8 Å². The van der Waals surface area contributed by atoms with E-state index in [9.17, 15) is 9.59 Å². The molecule has 2 amide bonds. The van der Waals surface area contributed by atoms with Gasteiger partial charge in [-0.1, -0.05) is 6.92 Å². The first-order chi connectivity index (χ1) is 8.58. The van der Waals surface area contributed by atoms with Crippen LogP contribution in [0.1, 0.15) is 30.8 Å². The van der Waals surface area contributed by atoms with Crippen molar-refractivity contribution in [3.05, 3.63) is 18.2 Å². The summed E-state index contributed by atoms with van der Waals surface area (Å²) in [6, 6.07) is 0.108. The average Bonchev–Trinajstić information content (AvgIpc) is 2.85. The Kier molecular flexibility index (Phi) is 3.64. The summed E-state index contributed by atoms with van der Waals surface area (Å²) in [5.41, 5.74) is 0.469. The van der Waals surface area contributed by atoms with Crippen LogP contribution >= 0.6 is 0 Å². The number of carbonyl (C=O) groups is 2.